The van der Waals surface area contributed by atoms with Crippen LogP contribution in [-0.2, 0) is 27.1 Å². The molecule has 1 aliphatic carbocycles. The van der Waals surface area contributed by atoms with Crippen molar-refractivity contribution >= 4 is 67.5 Å². The van der Waals surface area contributed by atoms with Gasteiger partial charge in [-0.25, -0.2) is 14.6 Å². The van der Waals surface area contributed by atoms with Crippen LogP contribution in [0.1, 0.15) is 63.2 Å². The van der Waals surface area contributed by atoms with E-state index in [1.54, 1.807) is 36.7 Å². The van der Waals surface area contributed by atoms with Crippen molar-refractivity contribution in [2.45, 2.75) is 52.1 Å². The Bertz CT molecular complexity index is 1720. The van der Waals surface area contributed by atoms with Gasteiger partial charge >= 0.3 is 11.9 Å². The molecule has 1 unspecified atom stereocenters. The number of carbonyl (C=O) groups is 3. The number of esters is 2. The first kappa shape index (κ1) is 30.0. The molecule has 1 atom stereocenters. The first-order valence-corrected chi connectivity index (χ1v) is 16.4. The molecule has 220 valence electrons. The summed E-state index contributed by atoms with van der Waals surface area (Å²) in [6, 6.07) is 9.28. The smallest absolute Gasteiger partial charge is 0.348 e. The molecule has 0 radical (unpaired) electrons. The van der Waals surface area contributed by atoms with Gasteiger partial charge in [0.15, 0.2) is 5.16 Å². The summed E-state index contributed by atoms with van der Waals surface area (Å²) in [6.07, 6.45) is 2.82. The van der Waals surface area contributed by atoms with Gasteiger partial charge in [-0.15, -0.1) is 22.7 Å². The average molecular weight is 626 g/mol. The van der Waals surface area contributed by atoms with E-state index in [0.717, 1.165) is 47.9 Å². The van der Waals surface area contributed by atoms with Gasteiger partial charge < -0.3 is 14.8 Å². The van der Waals surface area contributed by atoms with Gasteiger partial charge in [-0.2, -0.15) is 0 Å². The molecular weight excluding hydrogens is 595 g/mol. The van der Waals surface area contributed by atoms with Gasteiger partial charge in [0, 0.05) is 4.88 Å². The van der Waals surface area contributed by atoms with E-state index in [0.29, 0.717) is 32.5 Å². The lowest BCUT2D eigenvalue weighted by Crippen LogP contribution is -2.23. The lowest BCUT2D eigenvalue weighted by molar-refractivity contribution is -0.113. The number of carbonyl (C=O) groups excluding carboxylic acids is 3. The molecule has 1 aliphatic rings. The maximum atomic E-state index is 14.0. The van der Waals surface area contributed by atoms with E-state index in [4.69, 9.17) is 14.5 Å². The van der Waals surface area contributed by atoms with E-state index in [9.17, 15) is 19.2 Å². The zero-order valence-corrected chi connectivity index (χ0v) is 26.2. The van der Waals surface area contributed by atoms with Crippen LogP contribution in [0.25, 0.3) is 15.9 Å². The van der Waals surface area contributed by atoms with Crippen molar-refractivity contribution in [3.05, 3.63) is 67.1 Å². The van der Waals surface area contributed by atoms with E-state index < -0.39 is 17.8 Å². The van der Waals surface area contributed by atoms with Gasteiger partial charge in [0.1, 0.15) is 14.7 Å². The number of thiophene rings is 2. The fourth-order valence-corrected chi connectivity index (χ4v) is 8.35. The van der Waals surface area contributed by atoms with Crippen LogP contribution >= 0.6 is 34.4 Å². The van der Waals surface area contributed by atoms with Gasteiger partial charge in [-0.1, -0.05) is 36.9 Å². The molecular formula is C30H31N3O6S3. The molecule has 9 nitrogen and oxygen atoms in total. The lowest BCUT2D eigenvalue weighted by atomic mass is 9.89. The van der Waals surface area contributed by atoms with Gasteiger partial charge in [0.2, 0.25) is 5.91 Å². The van der Waals surface area contributed by atoms with E-state index in [2.05, 4.69) is 12.2 Å². The third kappa shape index (κ3) is 5.88. The van der Waals surface area contributed by atoms with Crippen molar-refractivity contribution in [1.29, 1.82) is 0 Å². The van der Waals surface area contributed by atoms with Crippen molar-refractivity contribution < 1.29 is 23.9 Å². The Morgan fingerprint density at radius 2 is 1.81 bits per heavy atom. The van der Waals surface area contributed by atoms with Crippen LogP contribution in [0.3, 0.4) is 0 Å². The summed E-state index contributed by atoms with van der Waals surface area (Å²) in [6.45, 7) is 7.54. The minimum atomic E-state index is -0.634. The van der Waals surface area contributed by atoms with E-state index in [-0.39, 0.29) is 40.0 Å². The fourth-order valence-electron chi connectivity index (χ4n) is 5.01. The zero-order valence-electron chi connectivity index (χ0n) is 23.8. The normalized spacial score (nSPS) is 14.4. The number of thioether (sulfide) groups is 1. The molecule has 5 rings (SSSR count). The molecule has 1 N–H and O–H groups in total. The molecule has 0 aliphatic heterocycles. The number of amides is 1. The highest BCUT2D eigenvalue weighted by atomic mass is 32.2. The number of aryl methyl sites for hydroxylation is 1. The summed E-state index contributed by atoms with van der Waals surface area (Å²) in [4.78, 5) is 59.4. The molecule has 0 saturated carbocycles. The predicted octanol–water partition coefficient (Wildman–Crippen LogP) is 6.03. The summed E-state index contributed by atoms with van der Waals surface area (Å²) < 4.78 is 11.9. The van der Waals surface area contributed by atoms with Crippen LogP contribution < -0.4 is 10.9 Å². The fraction of sp³-hybridized carbons (Fsp3) is 0.367. The Morgan fingerprint density at radius 3 is 2.52 bits per heavy atom. The second-order valence-electron chi connectivity index (χ2n) is 9.94. The number of rotatable bonds is 9. The van der Waals surface area contributed by atoms with Crippen molar-refractivity contribution in [2.75, 3.05) is 24.3 Å². The lowest BCUT2D eigenvalue weighted by Gasteiger charge is -2.17. The first-order chi connectivity index (χ1) is 20.2. The Labute approximate surface area is 255 Å². The van der Waals surface area contributed by atoms with Crippen LogP contribution in [-0.4, -0.2) is 46.4 Å². The van der Waals surface area contributed by atoms with Crippen molar-refractivity contribution in [1.82, 2.24) is 9.55 Å². The number of fused-ring (bicyclic) bond motifs is 3. The third-order valence-corrected chi connectivity index (χ3v) is 10.3. The SMILES string of the molecule is CCOC(=O)c1sc(NC(=O)CSc2nc3sc4c(c3c(=O)n2-c2ccccc2)CCC(C)C4)c(C(=O)OCC)c1C. The highest BCUT2D eigenvalue weighted by molar-refractivity contribution is 7.99. The Morgan fingerprint density at radius 1 is 1.10 bits per heavy atom. The van der Waals surface area contributed by atoms with E-state index in [1.165, 1.54) is 4.88 Å². The third-order valence-electron chi connectivity index (χ3n) is 6.99. The highest BCUT2D eigenvalue weighted by Gasteiger charge is 2.28. The summed E-state index contributed by atoms with van der Waals surface area (Å²) in [5.41, 5.74) is 2.14. The Hall–Kier alpha value is -3.48. The van der Waals surface area contributed by atoms with Gasteiger partial charge in [0.05, 0.1) is 35.6 Å². The number of ether oxygens (including phenoxy) is 2. The van der Waals surface area contributed by atoms with Crippen LogP contribution in [0.5, 0.6) is 0 Å². The monoisotopic (exact) mass is 625 g/mol. The second-order valence-corrected chi connectivity index (χ2v) is 13.0. The maximum Gasteiger partial charge on any atom is 0.348 e. The minimum absolute atomic E-state index is 0.0825. The van der Waals surface area contributed by atoms with Gasteiger partial charge in [-0.3, -0.25) is 14.2 Å². The number of nitrogens with one attached hydrogen (secondary N) is 1. The molecule has 42 heavy (non-hydrogen) atoms. The maximum absolute atomic E-state index is 14.0. The molecule has 1 aromatic carbocycles. The number of hydrogen-bond acceptors (Lipinski definition) is 10. The van der Waals surface area contributed by atoms with Crippen molar-refractivity contribution in [2.24, 2.45) is 5.92 Å². The second kappa shape index (κ2) is 12.8. The van der Waals surface area contributed by atoms with E-state index in [1.807, 2.05) is 30.3 Å². The number of anilines is 1. The molecule has 0 bridgehead atoms. The number of nitrogens with zero attached hydrogens (tertiary/aromatic N) is 2. The molecule has 3 heterocycles. The van der Waals surface area contributed by atoms with Crippen molar-refractivity contribution in [3.63, 3.8) is 0 Å². The standard InChI is InChI=1S/C30H31N3O6S3/c1-5-38-28(36)22-17(4)24(29(37)39-6-2)42-25(22)31-21(34)15-40-30-32-26-23(19-13-12-16(3)14-20(19)41-26)27(35)33(30)18-10-8-7-9-11-18/h7-11,16H,5-6,12-15H2,1-4H3,(H,31,34). The Kier molecular flexibility index (Phi) is 9.14. The first-order valence-electron chi connectivity index (χ1n) is 13.8. The topological polar surface area (TPSA) is 117 Å². The largest absolute Gasteiger partial charge is 0.462 e. The molecule has 0 saturated heterocycles. The quantitative estimate of drug-likeness (QED) is 0.136. The number of benzene rings is 1. The molecule has 0 fully saturated rings. The van der Waals surface area contributed by atoms with Crippen LogP contribution in [0.2, 0.25) is 0 Å². The molecule has 3 aromatic heterocycles. The summed E-state index contributed by atoms with van der Waals surface area (Å²) >= 11 is 3.67. The van der Waals surface area contributed by atoms with Crippen LogP contribution in [0, 0.1) is 12.8 Å². The van der Waals surface area contributed by atoms with Gasteiger partial charge in [-0.05, 0) is 69.2 Å². The Balaban J connectivity index is 1.47. The predicted molar refractivity (Wildman–Crippen MR) is 167 cm³/mol. The molecule has 0 spiro atoms. The average Bonchev–Trinajstić information content (AvgIpc) is 3.49. The van der Waals surface area contributed by atoms with Crippen molar-refractivity contribution in [3.8, 4) is 5.69 Å². The van der Waals surface area contributed by atoms with E-state index >= 15 is 0 Å². The number of para-hydroxylation sites is 1. The minimum Gasteiger partial charge on any atom is -0.462 e. The number of aromatic nitrogens is 2. The zero-order chi connectivity index (χ0) is 30.0. The highest BCUT2D eigenvalue weighted by Crippen LogP contribution is 2.38. The summed E-state index contributed by atoms with van der Waals surface area (Å²) in [7, 11) is 0. The number of hydrogen-bond donors (Lipinski definition) is 1. The van der Waals surface area contributed by atoms with Gasteiger partial charge in [0.25, 0.3) is 5.56 Å². The molecule has 12 heteroatoms. The van der Waals surface area contributed by atoms with Crippen LogP contribution in [0.15, 0.2) is 40.3 Å². The van der Waals surface area contributed by atoms with Crippen LogP contribution in [0.4, 0.5) is 5.00 Å². The molecule has 1 amide bonds. The molecule has 4 aromatic rings. The summed E-state index contributed by atoms with van der Waals surface area (Å²) in [5.74, 6) is -1.15. The summed E-state index contributed by atoms with van der Waals surface area (Å²) in [5, 5.41) is 4.05.